The number of methoxy groups -OCH3 is 1. The molecule has 18 atom stereocenters. The number of cyclic esters (lactones) is 1. The summed E-state index contributed by atoms with van der Waals surface area (Å²) in [6, 6.07) is -0.297. The van der Waals surface area contributed by atoms with Crippen LogP contribution in [0.25, 0.3) is 0 Å². The first kappa shape index (κ1) is 43.1. The SMILES string of the molecule is CC[C@H]1OC(=O)[C@H](C)[C@@H](OC2CC(C)(OC)C(O)C(C)O2)[C@H](C)[C@@H](OC2OC(C)C[C@H](N(C)C)C2O)[C@](C)(O)C[C@@H](C)C(=O)[C@H](C)[C@@H](O)[C@H]1C. The molecule has 50 heavy (non-hydrogen) atoms. The maximum atomic E-state index is 14.0. The molecule has 0 amide bonds. The average molecular weight is 718 g/mol. The lowest BCUT2D eigenvalue weighted by Gasteiger charge is -2.49. The van der Waals surface area contributed by atoms with Crippen LogP contribution in [0.15, 0.2) is 0 Å². The lowest BCUT2D eigenvalue weighted by Crippen LogP contribution is -2.60. The van der Waals surface area contributed by atoms with Crippen molar-refractivity contribution in [3.63, 3.8) is 0 Å². The number of ketones is 1. The molecule has 0 aliphatic carbocycles. The van der Waals surface area contributed by atoms with Gasteiger partial charge in [0.1, 0.15) is 24.1 Å². The lowest BCUT2D eigenvalue weighted by molar-refractivity contribution is -0.317. The molecule has 0 aromatic carbocycles. The van der Waals surface area contributed by atoms with Crippen molar-refractivity contribution in [1.29, 1.82) is 0 Å². The van der Waals surface area contributed by atoms with E-state index in [1.54, 1.807) is 55.4 Å². The number of ether oxygens (including phenoxy) is 6. The summed E-state index contributed by atoms with van der Waals surface area (Å²) in [4.78, 5) is 29.7. The second kappa shape index (κ2) is 17.3. The smallest absolute Gasteiger partial charge is 0.311 e. The number of aliphatic hydroxyl groups is 4. The Bertz CT molecular complexity index is 1120. The predicted molar refractivity (Wildman–Crippen MR) is 185 cm³/mol. The van der Waals surface area contributed by atoms with Gasteiger partial charge in [-0.25, -0.2) is 0 Å². The summed E-state index contributed by atoms with van der Waals surface area (Å²) in [5.41, 5.74) is -2.73. The van der Waals surface area contributed by atoms with Crippen LogP contribution in [0.1, 0.15) is 94.9 Å². The van der Waals surface area contributed by atoms with Gasteiger partial charge in [0.05, 0.1) is 47.6 Å². The summed E-state index contributed by atoms with van der Waals surface area (Å²) in [6.07, 6.45) is -7.91. The van der Waals surface area contributed by atoms with Crippen molar-refractivity contribution < 1.29 is 58.4 Å². The Labute approximate surface area is 299 Å². The molecule has 0 saturated carbocycles. The Hall–Kier alpha value is -1.26. The van der Waals surface area contributed by atoms with Crippen molar-refractivity contribution in [3.8, 4) is 0 Å². The first-order chi connectivity index (χ1) is 23.1. The zero-order chi connectivity index (χ0) is 38.0. The van der Waals surface area contributed by atoms with Crippen LogP contribution in [0.2, 0.25) is 0 Å². The summed E-state index contributed by atoms with van der Waals surface area (Å²) in [6.45, 7) is 17.4. The zero-order valence-corrected chi connectivity index (χ0v) is 32.6. The van der Waals surface area contributed by atoms with Gasteiger partial charge in [-0.1, -0.05) is 34.6 Å². The van der Waals surface area contributed by atoms with Crippen molar-refractivity contribution in [2.75, 3.05) is 21.2 Å². The molecule has 0 aromatic rings. The molecule has 3 fully saturated rings. The van der Waals surface area contributed by atoms with E-state index in [1.807, 2.05) is 32.8 Å². The van der Waals surface area contributed by atoms with E-state index in [0.717, 1.165) is 0 Å². The zero-order valence-electron chi connectivity index (χ0n) is 32.6. The van der Waals surface area contributed by atoms with Crippen molar-refractivity contribution >= 4 is 11.8 Å². The van der Waals surface area contributed by atoms with Crippen LogP contribution in [0, 0.1) is 29.6 Å². The molecule has 3 aliphatic rings. The number of likely N-dealkylation sites (N-methyl/N-ethyl adjacent to an activating group) is 1. The van der Waals surface area contributed by atoms with Gasteiger partial charge in [-0.3, -0.25) is 9.59 Å². The van der Waals surface area contributed by atoms with E-state index < -0.39 is 102 Å². The average Bonchev–Trinajstić information content (AvgIpc) is 3.05. The molecule has 0 spiro atoms. The molecule has 0 aromatic heterocycles. The van der Waals surface area contributed by atoms with Gasteiger partial charge < -0.3 is 53.7 Å². The monoisotopic (exact) mass is 717 g/mol. The molecule has 3 rings (SSSR count). The lowest BCUT2D eigenvalue weighted by atomic mass is 9.74. The highest BCUT2D eigenvalue weighted by molar-refractivity contribution is 5.83. The van der Waals surface area contributed by atoms with Crippen LogP contribution in [-0.4, -0.2) is 137 Å². The van der Waals surface area contributed by atoms with Crippen LogP contribution < -0.4 is 0 Å². The van der Waals surface area contributed by atoms with Crippen LogP contribution in [0.4, 0.5) is 0 Å². The van der Waals surface area contributed by atoms with E-state index in [9.17, 15) is 30.0 Å². The molecular formula is C37H67NO12. The Morgan fingerprint density at radius 2 is 1.50 bits per heavy atom. The van der Waals surface area contributed by atoms with E-state index >= 15 is 0 Å². The van der Waals surface area contributed by atoms with Gasteiger partial charge in [0.25, 0.3) is 0 Å². The van der Waals surface area contributed by atoms with Crippen LogP contribution >= 0.6 is 0 Å². The summed E-state index contributed by atoms with van der Waals surface area (Å²) >= 11 is 0. The third-order valence-corrected chi connectivity index (χ3v) is 11.8. The van der Waals surface area contributed by atoms with Gasteiger partial charge in [0.2, 0.25) is 0 Å². The topological polar surface area (TPSA) is 174 Å². The highest BCUT2D eigenvalue weighted by Crippen LogP contribution is 2.40. The second-order valence-corrected chi connectivity index (χ2v) is 16.2. The predicted octanol–water partition coefficient (Wildman–Crippen LogP) is 2.67. The van der Waals surface area contributed by atoms with E-state index in [4.69, 9.17) is 28.4 Å². The van der Waals surface area contributed by atoms with Crippen LogP contribution in [0.3, 0.4) is 0 Å². The normalized spacial score (nSPS) is 49.0. The maximum absolute atomic E-state index is 14.0. The van der Waals surface area contributed by atoms with Crippen molar-refractivity contribution in [1.82, 2.24) is 4.90 Å². The van der Waals surface area contributed by atoms with Crippen LogP contribution in [-0.2, 0) is 38.0 Å². The summed E-state index contributed by atoms with van der Waals surface area (Å²) in [5.74, 6) is -4.59. The number of carbonyl (C=O) groups is 2. The Kier molecular flexibility index (Phi) is 14.9. The maximum Gasteiger partial charge on any atom is 0.311 e. The number of aliphatic hydroxyl groups excluding tert-OH is 3. The number of rotatable bonds is 7. The minimum absolute atomic E-state index is 0.0462. The Balaban J connectivity index is 2.16. The Morgan fingerprint density at radius 3 is 2.06 bits per heavy atom. The van der Waals surface area contributed by atoms with Gasteiger partial charge in [-0.05, 0) is 68.0 Å². The molecule has 292 valence electrons. The summed E-state index contributed by atoms with van der Waals surface area (Å²) in [7, 11) is 5.23. The highest BCUT2D eigenvalue weighted by atomic mass is 16.7. The van der Waals surface area contributed by atoms with E-state index in [1.165, 1.54) is 7.11 Å². The molecule has 3 saturated heterocycles. The highest BCUT2D eigenvalue weighted by Gasteiger charge is 2.52. The first-order valence-corrected chi connectivity index (χ1v) is 18.4. The molecule has 0 bridgehead atoms. The summed E-state index contributed by atoms with van der Waals surface area (Å²) < 4.78 is 37.3. The standard InChI is InChI=1S/C37H67NO12/c1-14-26-20(4)29(40)21(5)28(39)18(2)16-36(9,44)33(50-35-30(41)25(38(11)12)15-19(3)46-35)22(6)31(23(7)34(43)48-26)49-27-17-37(10,45-13)32(42)24(8)47-27/h18-27,29-33,35,40-42,44H,14-17H2,1-13H3/t18-,19?,20+,21+,22+,23-,24?,25+,26-,27?,29+,30?,31+,32?,33-,35?,36-,37?/m1/s1. The minimum atomic E-state index is -1.72. The van der Waals surface area contributed by atoms with Gasteiger partial charge >= 0.3 is 5.97 Å². The fraction of sp³-hybridized carbons (Fsp3) is 0.946. The number of hydrogen-bond donors (Lipinski definition) is 4. The second-order valence-electron chi connectivity index (χ2n) is 16.2. The van der Waals surface area contributed by atoms with E-state index in [2.05, 4.69) is 0 Å². The molecule has 4 N–H and O–H groups in total. The number of carbonyl (C=O) groups excluding carboxylic acids is 2. The number of Topliss-reactive ketones (excluding diaryl/α,β-unsaturated/α-hetero) is 1. The first-order valence-electron chi connectivity index (χ1n) is 18.4. The van der Waals surface area contributed by atoms with Crippen molar-refractivity contribution in [3.05, 3.63) is 0 Å². The Morgan fingerprint density at radius 1 is 0.880 bits per heavy atom. The molecule has 3 heterocycles. The molecular weight excluding hydrogens is 650 g/mol. The largest absolute Gasteiger partial charge is 0.462 e. The summed E-state index contributed by atoms with van der Waals surface area (Å²) in [5, 5.41) is 46.0. The molecule has 13 heteroatoms. The minimum Gasteiger partial charge on any atom is -0.462 e. The fourth-order valence-corrected chi connectivity index (χ4v) is 8.36. The number of nitrogens with zero attached hydrogens (tertiary/aromatic N) is 1. The van der Waals surface area contributed by atoms with Gasteiger partial charge in [0.15, 0.2) is 12.6 Å². The van der Waals surface area contributed by atoms with Crippen molar-refractivity contribution in [2.45, 2.75) is 174 Å². The van der Waals surface area contributed by atoms with E-state index in [-0.39, 0.29) is 30.8 Å². The molecule has 3 aliphatic heterocycles. The third kappa shape index (κ3) is 9.45. The van der Waals surface area contributed by atoms with Gasteiger partial charge in [-0.2, -0.15) is 0 Å². The fourth-order valence-electron chi connectivity index (χ4n) is 8.36. The molecule has 0 radical (unpaired) electrons. The van der Waals surface area contributed by atoms with Crippen LogP contribution in [0.5, 0.6) is 0 Å². The molecule has 7 unspecified atom stereocenters. The van der Waals surface area contributed by atoms with Crippen molar-refractivity contribution in [2.24, 2.45) is 29.6 Å². The van der Waals surface area contributed by atoms with E-state index in [0.29, 0.717) is 12.8 Å². The van der Waals surface area contributed by atoms with Gasteiger partial charge in [-0.15, -0.1) is 0 Å². The number of esters is 1. The van der Waals surface area contributed by atoms with Gasteiger partial charge in [0, 0.05) is 43.2 Å². The third-order valence-electron chi connectivity index (χ3n) is 11.8. The number of hydrogen-bond acceptors (Lipinski definition) is 13. The molecule has 13 nitrogen and oxygen atoms in total. The quantitative estimate of drug-likeness (QED) is 0.284.